The zero-order valence-corrected chi connectivity index (χ0v) is 13.4. The summed E-state index contributed by atoms with van der Waals surface area (Å²) in [5, 5.41) is 0. The summed E-state index contributed by atoms with van der Waals surface area (Å²) in [6.45, 7) is 3.40. The van der Waals surface area contributed by atoms with E-state index in [-0.39, 0.29) is 0 Å². The highest BCUT2D eigenvalue weighted by molar-refractivity contribution is 7.89. The van der Waals surface area contributed by atoms with Crippen LogP contribution in [0.2, 0.25) is 0 Å². The lowest BCUT2D eigenvalue weighted by Gasteiger charge is -2.19. The summed E-state index contributed by atoms with van der Waals surface area (Å²) in [5.41, 5.74) is 0.386. The van der Waals surface area contributed by atoms with E-state index < -0.39 is 32.7 Å². The van der Waals surface area contributed by atoms with Gasteiger partial charge in [-0.1, -0.05) is 36.4 Å². The van der Waals surface area contributed by atoms with Gasteiger partial charge >= 0.3 is 6.18 Å². The summed E-state index contributed by atoms with van der Waals surface area (Å²) < 4.78 is 66.1. The van der Waals surface area contributed by atoms with Gasteiger partial charge in [-0.3, -0.25) is 0 Å². The first kappa shape index (κ1) is 17.5. The Morgan fingerprint density at radius 1 is 1.00 bits per heavy atom. The van der Waals surface area contributed by atoms with E-state index in [1.165, 1.54) is 6.07 Å². The van der Waals surface area contributed by atoms with Crippen molar-refractivity contribution in [2.24, 2.45) is 0 Å². The monoisotopic (exact) mass is 343 g/mol. The lowest BCUT2D eigenvalue weighted by Crippen LogP contribution is -2.29. The summed E-state index contributed by atoms with van der Waals surface area (Å²) in [6.07, 6.45) is -4.74. The van der Waals surface area contributed by atoms with E-state index in [2.05, 4.69) is 4.72 Å². The number of hydrogen-bond donors (Lipinski definition) is 1. The lowest BCUT2D eigenvalue weighted by atomic mass is 10.0. The van der Waals surface area contributed by atoms with Crippen molar-refractivity contribution in [1.82, 2.24) is 4.72 Å². The molecular formula is C16H16F3NO2S. The zero-order valence-electron chi connectivity index (χ0n) is 12.6. The SMILES string of the molecule is Cc1ccccc1C(C)NS(=O)(=O)c1ccccc1C(F)(F)F. The minimum atomic E-state index is -4.74. The van der Waals surface area contributed by atoms with Crippen molar-refractivity contribution in [1.29, 1.82) is 0 Å². The summed E-state index contributed by atoms with van der Waals surface area (Å²) in [5.74, 6) is 0. The predicted octanol–water partition coefficient (Wildman–Crippen LogP) is 4.05. The van der Waals surface area contributed by atoms with E-state index in [1.54, 1.807) is 25.1 Å². The molecule has 0 heterocycles. The average molecular weight is 343 g/mol. The number of alkyl halides is 3. The smallest absolute Gasteiger partial charge is 0.207 e. The molecule has 0 aliphatic carbocycles. The van der Waals surface area contributed by atoms with Crippen LogP contribution in [-0.4, -0.2) is 8.42 Å². The number of hydrogen-bond acceptors (Lipinski definition) is 2. The molecule has 1 unspecified atom stereocenters. The summed E-state index contributed by atoms with van der Waals surface area (Å²) in [4.78, 5) is -0.770. The molecule has 0 saturated carbocycles. The summed E-state index contributed by atoms with van der Waals surface area (Å²) in [7, 11) is -4.31. The molecule has 2 aromatic carbocycles. The first-order chi connectivity index (χ1) is 10.6. The molecule has 3 nitrogen and oxygen atoms in total. The first-order valence-electron chi connectivity index (χ1n) is 6.87. The van der Waals surface area contributed by atoms with Crippen LogP contribution in [0.1, 0.15) is 29.7 Å². The van der Waals surface area contributed by atoms with Crippen molar-refractivity contribution >= 4 is 10.0 Å². The van der Waals surface area contributed by atoms with Gasteiger partial charge < -0.3 is 0 Å². The van der Waals surface area contributed by atoms with Crippen LogP contribution in [-0.2, 0) is 16.2 Å². The van der Waals surface area contributed by atoms with Gasteiger partial charge in [-0.25, -0.2) is 13.1 Å². The van der Waals surface area contributed by atoms with Crippen molar-refractivity contribution in [2.75, 3.05) is 0 Å². The molecule has 0 saturated heterocycles. The minimum Gasteiger partial charge on any atom is -0.207 e. The molecule has 0 bridgehead atoms. The van der Waals surface area contributed by atoms with Crippen LogP contribution in [0.3, 0.4) is 0 Å². The van der Waals surface area contributed by atoms with Crippen molar-refractivity contribution in [2.45, 2.75) is 31.0 Å². The maximum atomic E-state index is 13.0. The first-order valence-corrected chi connectivity index (χ1v) is 8.35. The Morgan fingerprint density at radius 3 is 2.17 bits per heavy atom. The maximum Gasteiger partial charge on any atom is 0.417 e. The average Bonchev–Trinajstić information content (AvgIpc) is 2.46. The molecule has 0 aliphatic rings. The van der Waals surface area contributed by atoms with Crippen LogP contribution in [0.4, 0.5) is 13.2 Å². The van der Waals surface area contributed by atoms with Gasteiger partial charge in [0.2, 0.25) is 10.0 Å². The normalized spacial score (nSPS) is 13.8. The van der Waals surface area contributed by atoms with Gasteiger partial charge in [0.25, 0.3) is 0 Å². The Balaban J connectivity index is 2.39. The fourth-order valence-electron chi connectivity index (χ4n) is 2.37. The van der Waals surface area contributed by atoms with E-state index in [0.29, 0.717) is 5.56 Å². The third-order valence-electron chi connectivity index (χ3n) is 3.47. The second-order valence-electron chi connectivity index (χ2n) is 5.19. The highest BCUT2D eigenvalue weighted by Gasteiger charge is 2.37. The molecule has 0 fully saturated rings. The Labute approximate surface area is 133 Å². The van der Waals surface area contributed by atoms with Crippen LogP contribution >= 0.6 is 0 Å². The molecular weight excluding hydrogens is 327 g/mol. The van der Waals surface area contributed by atoms with Gasteiger partial charge in [-0.15, -0.1) is 0 Å². The van der Waals surface area contributed by atoms with E-state index in [9.17, 15) is 21.6 Å². The van der Waals surface area contributed by atoms with E-state index in [0.717, 1.165) is 23.8 Å². The maximum absolute atomic E-state index is 13.0. The molecule has 0 radical (unpaired) electrons. The second kappa shape index (κ2) is 6.33. The Hall–Kier alpha value is -1.86. The second-order valence-corrected chi connectivity index (χ2v) is 6.88. The molecule has 0 aliphatic heterocycles. The summed E-state index contributed by atoms with van der Waals surface area (Å²) >= 11 is 0. The third-order valence-corrected chi connectivity index (χ3v) is 5.07. The molecule has 1 atom stereocenters. The molecule has 0 spiro atoms. The molecule has 23 heavy (non-hydrogen) atoms. The highest BCUT2D eigenvalue weighted by atomic mass is 32.2. The largest absolute Gasteiger partial charge is 0.417 e. The van der Waals surface area contributed by atoms with Gasteiger partial charge in [0.15, 0.2) is 0 Å². The quantitative estimate of drug-likeness (QED) is 0.910. The number of nitrogens with one attached hydrogen (secondary N) is 1. The molecule has 2 rings (SSSR count). The molecule has 124 valence electrons. The van der Waals surface area contributed by atoms with Crippen LogP contribution in [0, 0.1) is 6.92 Å². The van der Waals surface area contributed by atoms with Gasteiger partial charge in [-0.05, 0) is 37.1 Å². The zero-order chi connectivity index (χ0) is 17.3. The number of aryl methyl sites for hydroxylation is 1. The number of sulfonamides is 1. The standard InChI is InChI=1S/C16H16F3NO2S/c1-11-7-3-4-8-13(11)12(2)20-23(21,22)15-10-6-5-9-14(15)16(17,18)19/h3-10,12,20H,1-2H3. The fraction of sp³-hybridized carbons (Fsp3) is 0.250. The summed E-state index contributed by atoms with van der Waals surface area (Å²) in [6, 6.07) is 10.6. The molecule has 7 heteroatoms. The molecule has 0 aromatic heterocycles. The number of halogens is 3. The fourth-order valence-corrected chi connectivity index (χ4v) is 3.82. The minimum absolute atomic E-state index is 0.650. The Bertz CT molecular complexity index is 801. The van der Waals surface area contributed by atoms with E-state index in [4.69, 9.17) is 0 Å². The number of benzene rings is 2. The van der Waals surface area contributed by atoms with Gasteiger partial charge in [0.1, 0.15) is 0 Å². The van der Waals surface area contributed by atoms with Crippen LogP contribution in [0.5, 0.6) is 0 Å². The Morgan fingerprint density at radius 2 is 1.57 bits per heavy atom. The van der Waals surface area contributed by atoms with Gasteiger partial charge in [0, 0.05) is 6.04 Å². The van der Waals surface area contributed by atoms with Crippen LogP contribution in [0.15, 0.2) is 53.4 Å². The van der Waals surface area contributed by atoms with E-state index in [1.807, 2.05) is 13.0 Å². The topological polar surface area (TPSA) is 46.2 Å². The van der Waals surface area contributed by atoms with Crippen molar-refractivity contribution < 1.29 is 21.6 Å². The molecule has 0 amide bonds. The highest BCUT2D eigenvalue weighted by Crippen LogP contribution is 2.34. The predicted molar refractivity (Wildman–Crippen MR) is 81.4 cm³/mol. The Kier molecular flexibility index (Phi) is 4.81. The lowest BCUT2D eigenvalue weighted by molar-refractivity contribution is -0.139. The van der Waals surface area contributed by atoms with Gasteiger partial charge in [-0.2, -0.15) is 13.2 Å². The van der Waals surface area contributed by atoms with E-state index >= 15 is 0 Å². The third kappa shape index (κ3) is 3.92. The van der Waals surface area contributed by atoms with Crippen molar-refractivity contribution in [3.8, 4) is 0 Å². The van der Waals surface area contributed by atoms with Crippen LogP contribution in [0.25, 0.3) is 0 Å². The molecule has 2 aromatic rings. The van der Waals surface area contributed by atoms with Gasteiger partial charge in [0.05, 0.1) is 10.5 Å². The van der Waals surface area contributed by atoms with Crippen LogP contribution < -0.4 is 4.72 Å². The number of rotatable bonds is 4. The van der Waals surface area contributed by atoms with Crippen molar-refractivity contribution in [3.63, 3.8) is 0 Å². The molecule has 1 N–H and O–H groups in total. The van der Waals surface area contributed by atoms with Crippen molar-refractivity contribution in [3.05, 3.63) is 65.2 Å².